The van der Waals surface area contributed by atoms with Gasteiger partial charge in [0.1, 0.15) is 11.6 Å². The van der Waals surface area contributed by atoms with E-state index in [-0.39, 0.29) is 55.8 Å². The van der Waals surface area contributed by atoms with Crippen molar-refractivity contribution in [1.82, 2.24) is 9.80 Å². The molecule has 3 aromatic carbocycles. The van der Waals surface area contributed by atoms with Crippen LogP contribution in [0.3, 0.4) is 0 Å². The molecule has 1 heterocycles. The number of Topliss-reactive ketones (excluding diaryl/α,β-unsaturated/α-hetero) is 1. The lowest BCUT2D eigenvalue weighted by molar-refractivity contribution is -0.143. The van der Waals surface area contributed by atoms with E-state index in [9.17, 15) is 40.3 Å². The Kier molecular flexibility index (Phi) is 8.71. The molecule has 1 fully saturated rings. The second-order valence-corrected chi connectivity index (χ2v) is 9.64. The Morgan fingerprint density at radius 2 is 1.51 bits per heavy atom. The van der Waals surface area contributed by atoms with Gasteiger partial charge in [0.05, 0.1) is 30.3 Å². The average Bonchev–Trinajstić information content (AvgIpc) is 2.92. The molecule has 1 aliphatic rings. The van der Waals surface area contributed by atoms with Crippen LogP contribution in [0, 0.1) is 5.82 Å². The van der Waals surface area contributed by atoms with Crippen molar-refractivity contribution in [2.24, 2.45) is 0 Å². The van der Waals surface area contributed by atoms with Crippen LogP contribution in [0.5, 0.6) is 5.75 Å². The van der Waals surface area contributed by atoms with E-state index in [2.05, 4.69) is 0 Å². The monoisotopic (exact) mass is 582 g/mol. The van der Waals surface area contributed by atoms with Gasteiger partial charge in [0.15, 0.2) is 5.78 Å². The molecule has 218 valence electrons. The van der Waals surface area contributed by atoms with Gasteiger partial charge in [0.2, 0.25) is 0 Å². The van der Waals surface area contributed by atoms with E-state index in [1.165, 1.54) is 18.1 Å². The number of alkyl halides is 6. The zero-order valence-corrected chi connectivity index (χ0v) is 21.7. The van der Waals surface area contributed by atoms with Crippen LogP contribution in [0.15, 0.2) is 66.7 Å². The van der Waals surface area contributed by atoms with Gasteiger partial charge in [-0.15, -0.1) is 0 Å². The first-order valence-corrected chi connectivity index (χ1v) is 12.5. The lowest BCUT2D eigenvalue weighted by Gasteiger charge is -2.41. The molecule has 0 N–H and O–H groups in total. The van der Waals surface area contributed by atoms with Crippen molar-refractivity contribution in [1.29, 1.82) is 0 Å². The predicted molar refractivity (Wildman–Crippen MR) is 135 cm³/mol. The maximum atomic E-state index is 13.6. The fourth-order valence-electron chi connectivity index (χ4n) is 4.82. The third-order valence-corrected chi connectivity index (χ3v) is 6.81. The first-order valence-electron chi connectivity index (χ1n) is 12.5. The van der Waals surface area contributed by atoms with E-state index in [4.69, 9.17) is 4.74 Å². The highest BCUT2D eigenvalue weighted by molar-refractivity contribution is 6.00. The number of ether oxygens (including phenoxy) is 1. The molecular weight excluding hydrogens is 557 g/mol. The second kappa shape index (κ2) is 11.9. The van der Waals surface area contributed by atoms with E-state index in [0.717, 1.165) is 17.7 Å². The molecule has 0 saturated carbocycles. The zero-order valence-electron chi connectivity index (χ0n) is 21.7. The predicted octanol–water partition coefficient (Wildman–Crippen LogP) is 6.12. The third kappa shape index (κ3) is 7.24. The molecule has 1 aliphatic heterocycles. The summed E-state index contributed by atoms with van der Waals surface area (Å²) in [4.78, 5) is 29.5. The molecule has 0 spiro atoms. The number of ketones is 1. The minimum atomic E-state index is -5.10. The summed E-state index contributed by atoms with van der Waals surface area (Å²) < 4.78 is 99.3. The molecule has 12 heteroatoms. The van der Waals surface area contributed by atoms with Crippen molar-refractivity contribution >= 4 is 11.7 Å². The molecular formula is C29H25F7N2O3. The third-order valence-electron chi connectivity index (χ3n) is 6.81. The summed E-state index contributed by atoms with van der Waals surface area (Å²) in [7, 11) is 1.30. The number of carbonyl (C=O) groups excluding carboxylic acids is 2. The Morgan fingerprint density at radius 1 is 0.878 bits per heavy atom. The number of hydrogen-bond donors (Lipinski definition) is 0. The number of benzene rings is 3. The summed E-state index contributed by atoms with van der Waals surface area (Å²) in [6.07, 6.45) is -9.96. The summed E-state index contributed by atoms with van der Waals surface area (Å²) in [5.41, 5.74) is -2.95. The molecule has 0 radical (unpaired) electrons. The van der Waals surface area contributed by atoms with Gasteiger partial charge in [-0.25, -0.2) is 4.39 Å². The smallest absolute Gasteiger partial charge is 0.416 e. The van der Waals surface area contributed by atoms with Gasteiger partial charge in [-0.3, -0.25) is 14.5 Å². The van der Waals surface area contributed by atoms with E-state index >= 15 is 0 Å². The van der Waals surface area contributed by atoms with Gasteiger partial charge < -0.3 is 9.64 Å². The maximum absolute atomic E-state index is 13.6. The SMILES string of the molecule is COc1cc(F)ccc1C(=O)CN1CCN(C(=O)c2cc(C(F)(F)F)cc(C(F)(F)F)c2)[C@H](Cc2ccccc2)C1. The number of halogens is 7. The topological polar surface area (TPSA) is 49.9 Å². The van der Waals surface area contributed by atoms with Crippen molar-refractivity contribution in [3.8, 4) is 5.75 Å². The van der Waals surface area contributed by atoms with Crippen LogP contribution in [0.2, 0.25) is 0 Å². The molecule has 1 saturated heterocycles. The lowest BCUT2D eigenvalue weighted by atomic mass is 9.98. The van der Waals surface area contributed by atoms with E-state index in [1.807, 2.05) is 0 Å². The average molecular weight is 583 g/mol. The molecule has 1 atom stereocenters. The normalized spacial score (nSPS) is 16.5. The van der Waals surface area contributed by atoms with Crippen molar-refractivity contribution in [3.63, 3.8) is 0 Å². The molecule has 0 unspecified atom stereocenters. The molecule has 5 nitrogen and oxygen atoms in total. The quantitative estimate of drug-likeness (QED) is 0.249. The number of nitrogens with zero attached hydrogens (tertiary/aromatic N) is 2. The molecule has 0 aromatic heterocycles. The largest absolute Gasteiger partial charge is 0.496 e. The van der Waals surface area contributed by atoms with Crippen LogP contribution in [0.25, 0.3) is 0 Å². The minimum Gasteiger partial charge on any atom is -0.496 e. The number of rotatable bonds is 7. The maximum Gasteiger partial charge on any atom is 0.416 e. The van der Waals surface area contributed by atoms with E-state index in [0.29, 0.717) is 12.1 Å². The molecule has 41 heavy (non-hydrogen) atoms. The Balaban J connectivity index is 1.62. The highest BCUT2D eigenvalue weighted by atomic mass is 19.4. The number of amides is 1. The molecule has 4 rings (SSSR count). The summed E-state index contributed by atoms with van der Waals surface area (Å²) in [6, 6.07) is 12.5. The summed E-state index contributed by atoms with van der Waals surface area (Å²) >= 11 is 0. The van der Waals surface area contributed by atoms with Crippen molar-refractivity contribution < 1.29 is 45.1 Å². The van der Waals surface area contributed by atoms with Crippen molar-refractivity contribution in [2.75, 3.05) is 33.3 Å². The number of hydrogen-bond acceptors (Lipinski definition) is 4. The van der Waals surface area contributed by atoms with Gasteiger partial charge in [-0.05, 0) is 42.3 Å². The van der Waals surface area contributed by atoms with Crippen LogP contribution in [0.4, 0.5) is 30.7 Å². The van der Waals surface area contributed by atoms with E-state index < -0.39 is 46.8 Å². The van der Waals surface area contributed by atoms with Gasteiger partial charge in [0.25, 0.3) is 5.91 Å². The van der Waals surface area contributed by atoms with Crippen LogP contribution in [0.1, 0.15) is 37.4 Å². The van der Waals surface area contributed by atoms with Crippen LogP contribution in [-0.2, 0) is 18.8 Å². The van der Waals surface area contributed by atoms with Crippen LogP contribution in [-0.4, -0.2) is 60.8 Å². The van der Waals surface area contributed by atoms with Gasteiger partial charge in [0, 0.05) is 37.3 Å². The fourth-order valence-corrected chi connectivity index (χ4v) is 4.82. The van der Waals surface area contributed by atoms with Crippen LogP contribution >= 0.6 is 0 Å². The first-order chi connectivity index (χ1) is 19.3. The highest BCUT2D eigenvalue weighted by Gasteiger charge is 2.39. The molecule has 0 bridgehead atoms. The standard InChI is InChI=1S/C29H25F7N2O3/c1-41-26-15-22(30)7-8-24(26)25(39)17-37-9-10-38(23(16-37)11-18-5-3-2-4-6-18)27(40)19-12-20(28(31,32)33)14-21(13-19)29(34,35)36/h2-8,12-15,23H,9-11,16-17H2,1H3/t23-/m1/s1. The highest BCUT2D eigenvalue weighted by Crippen LogP contribution is 2.37. The summed E-state index contributed by atoms with van der Waals surface area (Å²) in [6.45, 7) is 0.0528. The number of methoxy groups -OCH3 is 1. The zero-order chi connectivity index (χ0) is 29.9. The Morgan fingerprint density at radius 3 is 2.10 bits per heavy atom. The Bertz CT molecular complexity index is 1380. The number of carbonyl (C=O) groups is 2. The Labute approximate surface area is 231 Å². The minimum absolute atomic E-state index is 0.0223. The first kappa shape index (κ1) is 30.0. The molecule has 3 aromatic rings. The van der Waals surface area contributed by atoms with Gasteiger partial charge in [-0.1, -0.05) is 30.3 Å². The summed E-state index contributed by atoms with van der Waals surface area (Å²) in [5.74, 6) is -1.90. The van der Waals surface area contributed by atoms with Gasteiger partial charge in [-0.2, -0.15) is 26.3 Å². The summed E-state index contributed by atoms with van der Waals surface area (Å²) in [5, 5.41) is 0. The van der Waals surface area contributed by atoms with E-state index in [1.54, 1.807) is 35.2 Å². The van der Waals surface area contributed by atoms with Crippen molar-refractivity contribution in [3.05, 3.63) is 100 Å². The van der Waals surface area contributed by atoms with Gasteiger partial charge >= 0.3 is 12.4 Å². The number of piperazine rings is 1. The fraction of sp³-hybridized carbons (Fsp3) is 0.310. The molecule has 1 amide bonds. The second-order valence-electron chi connectivity index (χ2n) is 9.64. The Hall–Kier alpha value is -3.93. The van der Waals surface area contributed by atoms with Crippen molar-refractivity contribution in [2.45, 2.75) is 24.8 Å². The lowest BCUT2D eigenvalue weighted by Crippen LogP contribution is -2.56. The molecule has 0 aliphatic carbocycles. The van der Waals surface area contributed by atoms with Crippen LogP contribution < -0.4 is 4.74 Å².